The van der Waals surface area contributed by atoms with Gasteiger partial charge in [-0.3, -0.25) is 0 Å². The van der Waals surface area contributed by atoms with Crippen LogP contribution in [0.2, 0.25) is 0 Å². The van der Waals surface area contributed by atoms with Gasteiger partial charge in [0.15, 0.2) is 0 Å². The van der Waals surface area contributed by atoms with Crippen molar-refractivity contribution >= 4 is 21.5 Å². The van der Waals surface area contributed by atoms with Gasteiger partial charge in [0.1, 0.15) is 11.5 Å². The fourth-order valence-corrected chi connectivity index (χ4v) is 4.80. The average molecular weight is 463 g/mol. The maximum atomic E-state index is 6.65. The van der Waals surface area contributed by atoms with Gasteiger partial charge < -0.3 is 9.47 Å². The van der Waals surface area contributed by atoms with Gasteiger partial charge in [0, 0.05) is 21.5 Å². The first-order valence-electron chi connectivity index (χ1n) is 13.5. The van der Waals surface area contributed by atoms with Gasteiger partial charge in [-0.2, -0.15) is 0 Å². The van der Waals surface area contributed by atoms with E-state index in [9.17, 15) is 0 Å². The van der Waals surface area contributed by atoms with Crippen LogP contribution in [0.3, 0.4) is 0 Å². The largest absolute Gasteiger partial charge is 0.492 e. The number of hydrogen-bond donors (Lipinski definition) is 0. The Morgan fingerprint density at radius 1 is 0.676 bits per heavy atom. The van der Waals surface area contributed by atoms with Gasteiger partial charge in [0.05, 0.1) is 13.2 Å². The second-order valence-corrected chi connectivity index (χ2v) is 11.3. The zero-order chi connectivity index (χ0) is 24.9. The van der Waals surface area contributed by atoms with E-state index < -0.39 is 0 Å². The van der Waals surface area contributed by atoms with Crippen LogP contribution in [0.1, 0.15) is 92.2 Å². The molecule has 34 heavy (non-hydrogen) atoms. The van der Waals surface area contributed by atoms with Gasteiger partial charge in [-0.1, -0.05) is 92.5 Å². The Morgan fingerprint density at radius 2 is 1.18 bits per heavy atom. The Balaban J connectivity index is 2.25. The third-order valence-corrected chi connectivity index (χ3v) is 6.94. The minimum Gasteiger partial charge on any atom is -0.492 e. The van der Waals surface area contributed by atoms with Crippen molar-refractivity contribution in [3.8, 4) is 11.5 Å². The molecule has 0 aliphatic carbocycles. The predicted octanol–water partition coefficient (Wildman–Crippen LogP) is 9.48. The van der Waals surface area contributed by atoms with E-state index in [1.54, 1.807) is 0 Å². The maximum absolute atomic E-state index is 6.65. The zero-order valence-electron chi connectivity index (χ0n) is 22.9. The van der Waals surface area contributed by atoms with Gasteiger partial charge in [0.25, 0.3) is 0 Å². The quantitative estimate of drug-likeness (QED) is 0.264. The summed E-state index contributed by atoms with van der Waals surface area (Å²) in [7, 11) is 0. The SMILES string of the molecule is CCCC(C)COc1c2ccc(C(C)(C)C)cc2c(OCC(C)CCC)c2ccc(CC)cc12. The highest BCUT2D eigenvalue weighted by molar-refractivity contribution is 6.11. The van der Waals surface area contributed by atoms with Crippen LogP contribution in [-0.4, -0.2) is 13.2 Å². The Hall–Kier alpha value is -2.22. The van der Waals surface area contributed by atoms with E-state index >= 15 is 0 Å². The highest BCUT2D eigenvalue weighted by atomic mass is 16.5. The van der Waals surface area contributed by atoms with Crippen molar-refractivity contribution in [2.75, 3.05) is 13.2 Å². The Kier molecular flexibility index (Phi) is 8.90. The predicted molar refractivity (Wildman–Crippen MR) is 149 cm³/mol. The van der Waals surface area contributed by atoms with Crippen molar-refractivity contribution in [2.45, 2.75) is 92.9 Å². The third kappa shape index (κ3) is 6.06. The van der Waals surface area contributed by atoms with Gasteiger partial charge in [-0.05, 0) is 59.8 Å². The van der Waals surface area contributed by atoms with Crippen molar-refractivity contribution in [3.63, 3.8) is 0 Å². The maximum Gasteiger partial charge on any atom is 0.135 e. The molecule has 0 N–H and O–H groups in total. The molecule has 0 aromatic heterocycles. The molecule has 0 radical (unpaired) electrons. The molecule has 0 spiro atoms. The van der Waals surface area contributed by atoms with Gasteiger partial charge in [-0.25, -0.2) is 0 Å². The molecule has 3 rings (SSSR count). The third-order valence-electron chi connectivity index (χ3n) is 6.94. The molecule has 3 aromatic carbocycles. The summed E-state index contributed by atoms with van der Waals surface area (Å²) in [6.07, 6.45) is 5.74. The normalized spacial score (nSPS) is 13.9. The molecule has 0 fully saturated rings. The van der Waals surface area contributed by atoms with E-state index in [1.807, 2.05) is 0 Å². The molecule has 0 heterocycles. The molecule has 0 saturated carbocycles. The Morgan fingerprint density at radius 3 is 1.65 bits per heavy atom. The van der Waals surface area contributed by atoms with Gasteiger partial charge >= 0.3 is 0 Å². The van der Waals surface area contributed by atoms with Crippen LogP contribution in [0.4, 0.5) is 0 Å². The number of hydrogen-bond acceptors (Lipinski definition) is 2. The molecule has 2 unspecified atom stereocenters. The summed E-state index contributed by atoms with van der Waals surface area (Å²) in [5.74, 6) is 3.08. The lowest BCUT2D eigenvalue weighted by atomic mass is 9.85. The topological polar surface area (TPSA) is 18.5 Å². The number of rotatable bonds is 11. The molecule has 3 aromatic rings. The molecular formula is C32H46O2. The smallest absolute Gasteiger partial charge is 0.135 e. The van der Waals surface area contributed by atoms with Crippen LogP contribution < -0.4 is 9.47 Å². The number of aryl methyl sites for hydroxylation is 1. The minimum absolute atomic E-state index is 0.0681. The summed E-state index contributed by atoms with van der Waals surface area (Å²) in [6, 6.07) is 13.7. The summed E-state index contributed by atoms with van der Waals surface area (Å²) in [6.45, 7) is 19.6. The monoisotopic (exact) mass is 462 g/mol. The average Bonchev–Trinajstić information content (AvgIpc) is 2.80. The first kappa shape index (κ1) is 26.4. The number of fused-ring (bicyclic) bond motifs is 2. The summed E-state index contributed by atoms with van der Waals surface area (Å²) in [5, 5.41) is 4.68. The van der Waals surface area contributed by atoms with Crippen LogP contribution in [0.25, 0.3) is 21.5 Å². The van der Waals surface area contributed by atoms with Crippen molar-refractivity contribution in [3.05, 3.63) is 47.5 Å². The molecule has 0 saturated heterocycles. The van der Waals surface area contributed by atoms with Crippen molar-refractivity contribution in [1.29, 1.82) is 0 Å². The summed E-state index contributed by atoms with van der Waals surface area (Å²) in [5.41, 5.74) is 2.72. The highest BCUT2D eigenvalue weighted by Crippen LogP contribution is 2.45. The van der Waals surface area contributed by atoms with Crippen LogP contribution in [0.5, 0.6) is 11.5 Å². The molecule has 0 amide bonds. The van der Waals surface area contributed by atoms with Crippen LogP contribution >= 0.6 is 0 Å². The second kappa shape index (κ2) is 11.5. The van der Waals surface area contributed by atoms with Crippen LogP contribution in [0.15, 0.2) is 36.4 Å². The van der Waals surface area contributed by atoms with Crippen LogP contribution in [-0.2, 0) is 11.8 Å². The molecule has 186 valence electrons. The fraction of sp³-hybridized carbons (Fsp3) is 0.562. The van der Waals surface area contributed by atoms with E-state index in [1.165, 1.54) is 47.6 Å². The number of ether oxygens (including phenoxy) is 2. The number of benzene rings is 3. The van der Waals surface area contributed by atoms with Gasteiger partial charge in [0.2, 0.25) is 0 Å². The fourth-order valence-electron chi connectivity index (χ4n) is 4.80. The molecule has 0 bridgehead atoms. The lowest BCUT2D eigenvalue weighted by molar-refractivity contribution is 0.253. The van der Waals surface area contributed by atoms with E-state index in [2.05, 4.69) is 91.8 Å². The van der Waals surface area contributed by atoms with E-state index in [0.717, 1.165) is 41.9 Å². The molecule has 2 atom stereocenters. The zero-order valence-corrected chi connectivity index (χ0v) is 22.9. The lowest BCUT2D eigenvalue weighted by Crippen LogP contribution is -2.12. The van der Waals surface area contributed by atoms with E-state index in [-0.39, 0.29) is 5.41 Å². The molecule has 0 aliphatic heterocycles. The Labute approximate surface area is 208 Å². The first-order valence-corrected chi connectivity index (χ1v) is 13.5. The first-order chi connectivity index (χ1) is 16.2. The van der Waals surface area contributed by atoms with Crippen LogP contribution in [0, 0.1) is 11.8 Å². The molecular weight excluding hydrogens is 416 g/mol. The Bertz CT molecular complexity index is 1090. The van der Waals surface area contributed by atoms with Crippen molar-refractivity contribution in [1.82, 2.24) is 0 Å². The summed E-state index contributed by atoms with van der Waals surface area (Å²) < 4.78 is 13.3. The summed E-state index contributed by atoms with van der Waals surface area (Å²) >= 11 is 0. The van der Waals surface area contributed by atoms with E-state index in [4.69, 9.17) is 9.47 Å². The van der Waals surface area contributed by atoms with Gasteiger partial charge in [-0.15, -0.1) is 0 Å². The molecule has 2 nitrogen and oxygen atoms in total. The lowest BCUT2D eigenvalue weighted by Gasteiger charge is -2.24. The highest BCUT2D eigenvalue weighted by Gasteiger charge is 2.21. The standard InChI is InChI=1S/C32H46O2/c1-9-12-22(4)20-33-30-27-17-15-25(32(6,7)8)19-29(27)31(34-21-23(5)13-10-2)26-16-14-24(11-3)18-28(26)30/h14-19,22-23H,9-13,20-21H2,1-8H3. The molecule has 0 aliphatic rings. The summed E-state index contributed by atoms with van der Waals surface area (Å²) in [4.78, 5) is 0. The van der Waals surface area contributed by atoms with E-state index in [0.29, 0.717) is 11.8 Å². The molecule has 2 heteroatoms. The minimum atomic E-state index is 0.0681. The van der Waals surface area contributed by atoms with Crippen molar-refractivity contribution < 1.29 is 9.47 Å². The van der Waals surface area contributed by atoms with Crippen molar-refractivity contribution in [2.24, 2.45) is 11.8 Å². The second-order valence-electron chi connectivity index (χ2n) is 11.3.